The van der Waals surface area contributed by atoms with Crippen molar-refractivity contribution < 1.29 is 0 Å². The molecule has 0 heterocycles. The van der Waals surface area contributed by atoms with Crippen molar-refractivity contribution in [1.82, 2.24) is 0 Å². The summed E-state index contributed by atoms with van der Waals surface area (Å²) >= 11 is 0. The first-order valence-electron chi connectivity index (χ1n) is 11.4. The van der Waals surface area contributed by atoms with E-state index in [9.17, 15) is 0 Å². The summed E-state index contributed by atoms with van der Waals surface area (Å²) in [4.78, 5) is 9.68. The quantitative estimate of drug-likeness (QED) is 0.294. The molecule has 4 aromatic carbocycles. The summed E-state index contributed by atoms with van der Waals surface area (Å²) in [6.45, 7) is 2.63. The number of hydrogen-bond acceptors (Lipinski definition) is 1. The van der Waals surface area contributed by atoms with Gasteiger partial charge in [-0.1, -0.05) is 90.5 Å². The first-order chi connectivity index (χ1) is 16.2. The molecule has 3 heteroatoms. The van der Waals surface area contributed by atoms with Crippen molar-refractivity contribution in [1.29, 1.82) is 0 Å². The topological polar surface area (TPSA) is 50.7 Å². The van der Waals surface area contributed by atoms with E-state index in [1.165, 1.54) is 27.6 Å². The molecule has 0 aliphatic heterocycles. The fraction of sp³-hybridized carbons (Fsp3) is 0.133. The van der Waals surface area contributed by atoms with Gasteiger partial charge in [0.05, 0.1) is 6.54 Å². The lowest BCUT2D eigenvalue weighted by Crippen LogP contribution is -2.16. The van der Waals surface area contributed by atoms with Crippen LogP contribution >= 0.6 is 0 Å². The first-order valence-corrected chi connectivity index (χ1v) is 11.4. The van der Waals surface area contributed by atoms with E-state index in [2.05, 4.69) is 85.8 Å². The molecular formula is C30H27N3. The lowest BCUT2D eigenvalue weighted by molar-refractivity contribution is 0.975. The van der Waals surface area contributed by atoms with Gasteiger partial charge in [0.25, 0.3) is 0 Å². The SMILES string of the molecule is Cc1ccc(C(N=C(N)c2ccc3ccccc3c2)=NCc2ccc3c(c2)C=CCC3)cc1. The van der Waals surface area contributed by atoms with Gasteiger partial charge < -0.3 is 5.73 Å². The van der Waals surface area contributed by atoms with Crippen molar-refractivity contribution in [2.75, 3.05) is 0 Å². The van der Waals surface area contributed by atoms with Gasteiger partial charge >= 0.3 is 0 Å². The number of rotatable bonds is 4. The highest BCUT2D eigenvalue weighted by molar-refractivity contribution is 6.11. The van der Waals surface area contributed by atoms with Crippen LogP contribution in [0.5, 0.6) is 0 Å². The van der Waals surface area contributed by atoms with Crippen LogP contribution in [-0.2, 0) is 13.0 Å². The first kappa shape index (κ1) is 20.9. The third-order valence-electron chi connectivity index (χ3n) is 6.08. The molecule has 0 bridgehead atoms. The van der Waals surface area contributed by atoms with E-state index >= 15 is 0 Å². The number of amidine groups is 2. The van der Waals surface area contributed by atoms with Crippen LogP contribution in [-0.4, -0.2) is 11.7 Å². The van der Waals surface area contributed by atoms with E-state index in [1.807, 2.05) is 18.2 Å². The highest BCUT2D eigenvalue weighted by Crippen LogP contribution is 2.21. The maximum absolute atomic E-state index is 6.47. The van der Waals surface area contributed by atoms with Crippen LogP contribution in [0.25, 0.3) is 16.8 Å². The highest BCUT2D eigenvalue weighted by Gasteiger charge is 2.08. The van der Waals surface area contributed by atoms with E-state index < -0.39 is 0 Å². The van der Waals surface area contributed by atoms with Crippen molar-refractivity contribution in [2.24, 2.45) is 15.7 Å². The molecular weight excluding hydrogens is 402 g/mol. The Kier molecular flexibility index (Phi) is 5.86. The smallest absolute Gasteiger partial charge is 0.157 e. The summed E-state index contributed by atoms with van der Waals surface area (Å²) in [5, 5.41) is 2.33. The van der Waals surface area contributed by atoms with Gasteiger partial charge in [-0.25, -0.2) is 4.99 Å². The van der Waals surface area contributed by atoms with Crippen molar-refractivity contribution in [3.05, 3.63) is 124 Å². The molecule has 3 nitrogen and oxygen atoms in total. The van der Waals surface area contributed by atoms with Crippen molar-refractivity contribution in [3.8, 4) is 0 Å². The maximum Gasteiger partial charge on any atom is 0.157 e. The van der Waals surface area contributed by atoms with Crippen molar-refractivity contribution in [3.63, 3.8) is 0 Å². The average Bonchev–Trinajstić information content (AvgIpc) is 2.86. The minimum absolute atomic E-state index is 0.466. The standard InChI is InChI=1S/C30H27N3/c1-21-10-13-25(14-11-21)30(32-20-22-12-15-23-6-2-4-8-26(23)18-22)33-29(31)28-17-16-24-7-3-5-9-27(24)19-28/h3-5,7-19H,2,6,20H2,1H3,(H2,31,32,33). The van der Waals surface area contributed by atoms with Gasteiger partial charge in [-0.2, -0.15) is 0 Å². The van der Waals surface area contributed by atoms with Crippen molar-refractivity contribution >= 4 is 28.5 Å². The minimum Gasteiger partial charge on any atom is -0.383 e. The minimum atomic E-state index is 0.466. The van der Waals surface area contributed by atoms with Gasteiger partial charge in [-0.3, -0.25) is 4.99 Å². The number of nitrogens with zero attached hydrogens (tertiary/aromatic N) is 2. The normalized spacial score (nSPS) is 13.8. The molecule has 0 aromatic heterocycles. The van der Waals surface area contributed by atoms with Crippen molar-refractivity contribution in [2.45, 2.75) is 26.3 Å². The average molecular weight is 430 g/mol. The Labute approximate surface area is 195 Å². The third kappa shape index (κ3) is 4.78. The molecule has 0 spiro atoms. The number of allylic oxidation sites excluding steroid dienone is 1. The number of benzene rings is 4. The Hall–Kier alpha value is -3.98. The Bertz CT molecular complexity index is 1390. The van der Waals surface area contributed by atoms with Gasteiger partial charge in [0.1, 0.15) is 5.84 Å². The number of fused-ring (bicyclic) bond motifs is 2. The second-order valence-corrected chi connectivity index (χ2v) is 8.54. The van der Waals surface area contributed by atoms with Crippen LogP contribution < -0.4 is 5.73 Å². The van der Waals surface area contributed by atoms with Gasteiger partial charge in [0.2, 0.25) is 0 Å². The number of aryl methyl sites for hydroxylation is 2. The number of hydrogen-bond donors (Lipinski definition) is 1. The lowest BCUT2D eigenvalue weighted by Gasteiger charge is -2.11. The third-order valence-corrected chi connectivity index (χ3v) is 6.08. The van der Waals surface area contributed by atoms with E-state index in [0.717, 1.165) is 29.4 Å². The molecule has 0 unspecified atom stereocenters. The summed E-state index contributed by atoms with van der Waals surface area (Å²) < 4.78 is 0. The van der Waals surface area contributed by atoms with Crippen LogP contribution in [0, 0.1) is 6.92 Å². The van der Waals surface area contributed by atoms with Gasteiger partial charge in [-0.05, 0) is 59.4 Å². The summed E-state index contributed by atoms with van der Waals surface area (Å²) in [5.74, 6) is 1.11. The van der Waals surface area contributed by atoms with Gasteiger partial charge in [-0.15, -0.1) is 0 Å². The van der Waals surface area contributed by atoms with E-state index in [0.29, 0.717) is 18.2 Å². The Balaban J connectivity index is 1.50. The summed E-state index contributed by atoms with van der Waals surface area (Å²) in [6.07, 6.45) is 6.67. The number of aliphatic imine (C=N–C) groups is 2. The van der Waals surface area contributed by atoms with Gasteiger partial charge in [0.15, 0.2) is 5.84 Å². The molecule has 162 valence electrons. The second-order valence-electron chi connectivity index (χ2n) is 8.54. The van der Waals surface area contributed by atoms with Crippen LogP contribution in [0.4, 0.5) is 0 Å². The zero-order valence-corrected chi connectivity index (χ0v) is 18.8. The largest absolute Gasteiger partial charge is 0.383 e. The molecule has 5 rings (SSSR count). The van der Waals surface area contributed by atoms with Crippen LogP contribution in [0.1, 0.15) is 39.8 Å². The Morgan fingerprint density at radius 2 is 1.64 bits per heavy atom. The molecule has 0 amide bonds. The number of nitrogens with two attached hydrogens (primary N) is 1. The molecule has 0 radical (unpaired) electrons. The summed E-state index contributed by atoms with van der Waals surface area (Å²) in [6, 6.07) is 29.3. The monoisotopic (exact) mass is 429 g/mol. The Morgan fingerprint density at radius 3 is 2.48 bits per heavy atom. The molecule has 2 N–H and O–H groups in total. The zero-order chi connectivity index (χ0) is 22.6. The fourth-order valence-electron chi connectivity index (χ4n) is 4.16. The fourth-order valence-corrected chi connectivity index (χ4v) is 4.16. The van der Waals surface area contributed by atoms with E-state index in [4.69, 9.17) is 15.7 Å². The van der Waals surface area contributed by atoms with Crippen LogP contribution in [0.3, 0.4) is 0 Å². The maximum atomic E-state index is 6.47. The second kappa shape index (κ2) is 9.25. The van der Waals surface area contributed by atoms with Gasteiger partial charge in [0, 0.05) is 11.1 Å². The molecule has 4 aromatic rings. The molecule has 0 saturated carbocycles. The molecule has 0 fully saturated rings. The lowest BCUT2D eigenvalue weighted by atomic mass is 9.95. The molecule has 1 aliphatic rings. The predicted molar refractivity (Wildman–Crippen MR) is 140 cm³/mol. The highest BCUT2D eigenvalue weighted by atomic mass is 15.0. The van der Waals surface area contributed by atoms with Crippen LogP contribution in [0.15, 0.2) is 101 Å². The molecule has 0 saturated heterocycles. The summed E-state index contributed by atoms with van der Waals surface area (Å²) in [5.41, 5.74) is 13.4. The van der Waals surface area contributed by atoms with Crippen LogP contribution in [0.2, 0.25) is 0 Å². The zero-order valence-electron chi connectivity index (χ0n) is 18.8. The molecule has 1 aliphatic carbocycles. The molecule has 0 atom stereocenters. The predicted octanol–water partition coefficient (Wildman–Crippen LogP) is 6.46. The molecule has 33 heavy (non-hydrogen) atoms. The van der Waals surface area contributed by atoms with E-state index in [1.54, 1.807) is 0 Å². The Morgan fingerprint density at radius 1 is 0.848 bits per heavy atom. The summed E-state index contributed by atoms with van der Waals surface area (Å²) in [7, 11) is 0. The van der Waals surface area contributed by atoms with E-state index in [-0.39, 0.29) is 0 Å².